The molecule has 0 spiro atoms. The van der Waals surface area contributed by atoms with Crippen molar-refractivity contribution < 1.29 is 14.7 Å². The summed E-state index contributed by atoms with van der Waals surface area (Å²) in [6.07, 6.45) is -0.0973. The number of carboxylic acids is 1. The maximum absolute atomic E-state index is 11.5. The molecule has 0 aliphatic rings. The predicted molar refractivity (Wildman–Crippen MR) is 72.2 cm³/mol. The van der Waals surface area contributed by atoms with Crippen LogP contribution in [0.5, 0.6) is 0 Å². The fraction of sp³-hybridized carbons (Fsp3) is 0.462. The lowest BCUT2D eigenvalue weighted by Crippen LogP contribution is -2.35. The summed E-state index contributed by atoms with van der Waals surface area (Å²) in [7, 11) is 0. The average molecular weight is 265 g/mol. The second-order valence-electron chi connectivity index (χ2n) is 5.25. The molecule has 0 aliphatic heterocycles. The van der Waals surface area contributed by atoms with E-state index in [4.69, 9.17) is 10.8 Å². The van der Waals surface area contributed by atoms with Gasteiger partial charge in [-0.2, -0.15) is 0 Å². The summed E-state index contributed by atoms with van der Waals surface area (Å²) < 4.78 is 0. The molecule has 0 bridgehead atoms. The monoisotopic (exact) mass is 265 g/mol. The largest absolute Gasteiger partial charge is 0.481 e. The zero-order valence-corrected chi connectivity index (χ0v) is 11.6. The van der Waals surface area contributed by atoms with Crippen LogP contribution in [0.1, 0.15) is 41.9 Å². The molecule has 1 heterocycles. The molecule has 104 valence electrons. The van der Waals surface area contributed by atoms with Crippen molar-refractivity contribution in [3.8, 4) is 0 Å². The van der Waals surface area contributed by atoms with Gasteiger partial charge in [0.15, 0.2) is 0 Å². The molecule has 0 unspecified atom stereocenters. The molecule has 0 saturated carbocycles. The minimum Gasteiger partial charge on any atom is -0.481 e. The van der Waals surface area contributed by atoms with Gasteiger partial charge in [-0.25, -0.2) is 4.98 Å². The first-order chi connectivity index (χ1) is 8.62. The molecule has 0 aromatic carbocycles. The van der Waals surface area contributed by atoms with Crippen LogP contribution in [0.2, 0.25) is 0 Å². The van der Waals surface area contributed by atoms with Gasteiger partial charge in [0.05, 0.1) is 12.0 Å². The van der Waals surface area contributed by atoms with Crippen LogP contribution in [0, 0.1) is 13.8 Å². The van der Waals surface area contributed by atoms with Gasteiger partial charge in [-0.15, -0.1) is 0 Å². The standard InChI is InChI=1S/C13H19N3O3/c1-7-5-8(2)15-12(10(7)11(14)19)16-13(3,4)6-9(17)18/h5H,6H2,1-4H3,(H2,14,19)(H,15,16)(H,17,18). The summed E-state index contributed by atoms with van der Waals surface area (Å²) in [6.45, 7) is 7.02. The van der Waals surface area contributed by atoms with E-state index in [1.807, 2.05) is 0 Å². The number of nitrogens with one attached hydrogen (secondary N) is 1. The summed E-state index contributed by atoms with van der Waals surface area (Å²) in [4.78, 5) is 26.5. The lowest BCUT2D eigenvalue weighted by Gasteiger charge is -2.26. The molecule has 0 radical (unpaired) electrons. The zero-order valence-electron chi connectivity index (χ0n) is 11.6. The maximum Gasteiger partial charge on any atom is 0.305 e. The van der Waals surface area contributed by atoms with Crippen LogP contribution in [0.15, 0.2) is 6.07 Å². The number of rotatable bonds is 5. The van der Waals surface area contributed by atoms with Crippen molar-refractivity contribution in [3.63, 3.8) is 0 Å². The van der Waals surface area contributed by atoms with E-state index in [2.05, 4.69) is 10.3 Å². The van der Waals surface area contributed by atoms with Crippen molar-refractivity contribution in [1.29, 1.82) is 0 Å². The molecule has 1 aromatic rings. The number of carboxylic acid groups (broad SMARTS) is 1. The number of aryl methyl sites for hydroxylation is 2. The Hall–Kier alpha value is -2.11. The van der Waals surface area contributed by atoms with Crippen LogP contribution in [-0.2, 0) is 4.79 Å². The van der Waals surface area contributed by atoms with E-state index in [-0.39, 0.29) is 6.42 Å². The molecule has 19 heavy (non-hydrogen) atoms. The number of amides is 1. The highest BCUT2D eigenvalue weighted by molar-refractivity contribution is 5.99. The van der Waals surface area contributed by atoms with Gasteiger partial charge in [-0.05, 0) is 39.3 Å². The molecule has 4 N–H and O–H groups in total. The Morgan fingerprint density at radius 2 is 2.00 bits per heavy atom. The highest BCUT2D eigenvalue weighted by Gasteiger charge is 2.25. The number of anilines is 1. The van der Waals surface area contributed by atoms with Crippen molar-refractivity contribution in [2.24, 2.45) is 5.73 Å². The van der Waals surface area contributed by atoms with Gasteiger partial charge in [0.25, 0.3) is 5.91 Å². The van der Waals surface area contributed by atoms with Gasteiger partial charge >= 0.3 is 5.97 Å². The molecule has 0 saturated heterocycles. The third-order valence-electron chi connectivity index (χ3n) is 2.64. The van der Waals surface area contributed by atoms with Gasteiger partial charge in [0.2, 0.25) is 0 Å². The van der Waals surface area contributed by atoms with Crippen molar-refractivity contribution >= 4 is 17.7 Å². The highest BCUT2D eigenvalue weighted by Crippen LogP contribution is 2.23. The lowest BCUT2D eigenvalue weighted by atomic mass is 9.99. The van der Waals surface area contributed by atoms with E-state index in [0.717, 1.165) is 5.69 Å². The number of nitrogens with two attached hydrogens (primary N) is 1. The lowest BCUT2D eigenvalue weighted by molar-refractivity contribution is -0.137. The number of aliphatic carboxylic acids is 1. The van der Waals surface area contributed by atoms with Crippen LogP contribution in [0.25, 0.3) is 0 Å². The minimum atomic E-state index is -0.928. The predicted octanol–water partition coefficient (Wildman–Crippen LogP) is 1.46. The van der Waals surface area contributed by atoms with Crippen molar-refractivity contribution in [2.75, 3.05) is 5.32 Å². The number of hydrogen-bond donors (Lipinski definition) is 3. The van der Waals surface area contributed by atoms with E-state index in [9.17, 15) is 9.59 Å². The Bertz CT molecular complexity index is 524. The normalized spacial score (nSPS) is 11.2. The van der Waals surface area contributed by atoms with E-state index >= 15 is 0 Å². The Kier molecular flexibility index (Phi) is 4.14. The first-order valence-corrected chi connectivity index (χ1v) is 5.90. The number of pyridine rings is 1. The smallest absolute Gasteiger partial charge is 0.305 e. The Balaban J connectivity index is 3.19. The number of primary amides is 1. The first kappa shape index (κ1) is 14.9. The van der Waals surface area contributed by atoms with Crippen LogP contribution in [-0.4, -0.2) is 27.5 Å². The molecule has 1 aromatic heterocycles. The summed E-state index contributed by atoms with van der Waals surface area (Å²) in [5, 5.41) is 11.9. The Morgan fingerprint density at radius 3 is 2.47 bits per heavy atom. The van der Waals surface area contributed by atoms with Gasteiger partial charge in [-0.3, -0.25) is 9.59 Å². The van der Waals surface area contributed by atoms with Gasteiger partial charge < -0.3 is 16.2 Å². The first-order valence-electron chi connectivity index (χ1n) is 5.90. The van der Waals surface area contributed by atoms with Crippen LogP contribution >= 0.6 is 0 Å². The fourth-order valence-corrected chi connectivity index (χ4v) is 1.98. The van der Waals surface area contributed by atoms with Crippen LogP contribution < -0.4 is 11.1 Å². The molecular formula is C13H19N3O3. The number of carbonyl (C=O) groups is 2. The van der Waals surface area contributed by atoms with Gasteiger partial charge in [-0.1, -0.05) is 0 Å². The van der Waals surface area contributed by atoms with E-state index in [1.54, 1.807) is 33.8 Å². The van der Waals surface area contributed by atoms with Crippen molar-refractivity contribution in [3.05, 3.63) is 22.9 Å². The molecule has 6 nitrogen and oxygen atoms in total. The number of carbonyl (C=O) groups excluding carboxylic acids is 1. The van der Waals surface area contributed by atoms with Gasteiger partial charge in [0.1, 0.15) is 5.82 Å². The number of nitrogens with zero attached hydrogens (tertiary/aromatic N) is 1. The minimum absolute atomic E-state index is 0.0973. The fourth-order valence-electron chi connectivity index (χ4n) is 1.98. The van der Waals surface area contributed by atoms with Gasteiger partial charge in [0, 0.05) is 11.2 Å². The molecule has 0 fully saturated rings. The third kappa shape index (κ3) is 3.94. The summed E-state index contributed by atoms with van der Waals surface area (Å²) in [6, 6.07) is 1.76. The molecule has 0 aliphatic carbocycles. The molecule has 1 rings (SSSR count). The summed E-state index contributed by atoms with van der Waals surface area (Å²) in [5.41, 5.74) is 6.36. The summed E-state index contributed by atoms with van der Waals surface area (Å²) >= 11 is 0. The van der Waals surface area contributed by atoms with Crippen molar-refractivity contribution in [2.45, 2.75) is 39.7 Å². The molecular weight excluding hydrogens is 246 g/mol. The Labute approximate surface area is 112 Å². The van der Waals surface area contributed by atoms with Crippen LogP contribution in [0.3, 0.4) is 0 Å². The quantitative estimate of drug-likeness (QED) is 0.747. The van der Waals surface area contributed by atoms with E-state index in [1.165, 1.54) is 0 Å². The second kappa shape index (κ2) is 5.26. The Morgan fingerprint density at radius 1 is 1.42 bits per heavy atom. The topological polar surface area (TPSA) is 105 Å². The van der Waals surface area contributed by atoms with E-state index < -0.39 is 17.4 Å². The summed E-state index contributed by atoms with van der Waals surface area (Å²) in [5.74, 6) is -1.18. The zero-order chi connectivity index (χ0) is 14.8. The molecule has 0 atom stereocenters. The maximum atomic E-state index is 11.5. The van der Waals surface area contributed by atoms with Crippen LogP contribution in [0.4, 0.5) is 5.82 Å². The highest BCUT2D eigenvalue weighted by atomic mass is 16.4. The third-order valence-corrected chi connectivity index (χ3v) is 2.64. The molecule has 6 heteroatoms. The second-order valence-corrected chi connectivity index (χ2v) is 5.25. The molecule has 1 amide bonds. The number of hydrogen-bond acceptors (Lipinski definition) is 4. The SMILES string of the molecule is Cc1cc(C)c(C(N)=O)c(NC(C)(C)CC(=O)O)n1. The van der Waals surface area contributed by atoms with E-state index in [0.29, 0.717) is 16.9 Å². The average Bonchev–Trinajstić information content (AvgIpc) is 2.10. The number of aromatic nitrogens is 1. The van der Waals surface area contributed by atoms with Crippen molar-refractivity contribution in [1.82, 2.24) is 4.98 Å².